The lowest BCUT2D eigenvalue weighted by molar-refractivity contribution is 0.0993. The van der Waals surface area contributed by atoms with E-state index in [2.05, 4.69) is 30.2 Å². The maximum atomic E-state index is 13.0. The lowest BCUT2D eigenvalue weighted by Gasteiger charge is -2.08. The number of hydrogen-bond donors (Lipinski definition) is 4. The van der Waals surface area contributed by atoms with Crippen molar-refractivity contribution in [2.24, 2.45) is 5.73 Å². The zero-order valence-electron chi connectivity index (χ0n) is 16.8. The first-order valence-electron chi connectivity index (χ1n) is 9.62. The third kappa shape index (κ3) is 3.19. The maximum Gasteiger partial charge on any atom is 0.267 e. The molecule has 0 spiro atoms. The first-order chi connectivity index (χ1) is 15.5. The molecule has 0 saturated heterocycles. The average Bonchev–Trinajstić information content (AvgIpc) is 3.47. The second-order valence-corrected chi connectivity index (χ2v) is 6.96. The highest BCUT2D eigenvalue weighted by atomic mass is 16.5. The first-order valence-corrected chi connectivity index (χ1v) is 9.62. The molecule has 5 N–H and O–H groups in total. The Morgan fingerprint density at radius 1 is 1.12 bits per heavy atom. The third-order valence-electron chi connectivity index (χ3n) is 5.01. The highest BCUT2D eigenvalue weighted by molar-refractivity contribution is 6.13. The van der Waals surface area contributed by atoms with Crippen LogP contribution in [0.25, 0.3) is 33.3 Å². The molecule has 158 valence electrons. The largest absolute Gasteiger partial charge is 0.496 e. The van der Waals surface area contributed by atoms with Gasteiger partial charge >= 0.3 is 0 Å². The van der Waals surface area contributed by atoms with Crippen LogP contribution in [0.5, 0.6) is 5.75 Å². The highest BCUT2D eigenvalue weighted by Gasteiger charge is 2.22. The number of pyridine rings is 1. The van der Waals surface area contributed by atoms with E-state index in [0.29, 0.717) is 34.2 Å². The summed E-state index contributed by atoms with van der Waals surface area (Å²) in [7, 11) is 1.48. The van der Waals surface area contributed by atoms with Gasteiger partial charge in [0, 0.05) is 17.8 Å². The number of primary amides is 1. The first kappa shape index (κ1) is 19.2. The number of carbonyl (C=O) groups excluding carboxylic acids is 2. The van der Waals surface area contributed by atoms with Crippen molar-refractivity contribution in [3.63, 3.8) is 0 Å². The summed E-state index contributed by atoms with van der Waals surface area (Å²) in [5.41, 5.74) is 7.27. The summed E-state index contributed by atoms with van der Waals surface area (Å²) in [6.45, 7) is 0. The van der Waals surface area contributed by atoms with E-state index in [0.717, 1.165) is 10.8 Å². The van der Waals surface area contributed by atoms with Gasteiger partial charge in [0.2, 0.25) is 5.95 Å². The monoisotopic (exact) mass is 427 g/mol. The Hall–Kier alpha value is -4.73. The molecule has 2 aromatic carbocycles. The van der Waals surface area contributed by atoms with Gasteiger partial charge in [-0.1, -0.05) is 24.3 Å². The van der Waals surface area contributed by atoms with Crippen LogP contribution in [0.15, 0.2) is 54.9 Å². The Morgan fingerprint density at radius 2 is 1.97 bits per heavy atom. The van der Waals surface area contributed by atoms with Crippen LogP contribution >= 0.6 is 0 Å². The fourth-order valence-corrected chi connectivity index (χ4v) is 3.57. The number of nitrogens with zero attached hydrogens (tertiary/aromatic N) is 3. The van der Waals surface area contributed by atoms with E-state index < -0.39 is 11.8 Å². The third-order valence-corrected chi connectivity index (χ3v) is 5.01. The summed E-state index contributed by atoms with van der Waals surface area (Å²) in [5.74, 6) is -0.0491. The van der Waals surface area contributed by atoms with Gasteiger partial charge in [-0.15, -0.1) is 0 Å². The average molecular weight is 427 g/mol. The standard InChI is InChI=1S/C22H17N7O3/c1-32-15-7-6-13-18(16(15)21(31)29-22-24-8-9-25-22)28-20(27-13)17-12-5-3-2-4-11(12)10-14(26-17)19(23)30/h2-10H,1H3,(H2,23,30)(H,27,28)(H2,24,25,29,31). The molecule has 0 radical (unpaired) electrons. The van der Waals surface area contributed by atoms with Crippen molar-refractivity contribution in [2.45, 2.75) is 0 Å². The molecule has 0 aliphatic rings. The molecule has 10 heteroatoms. The van der Waals surface area contributed by atoms with Gasteiger partial charge in [-0.05, 0) is 23.6 Å². The second-order valence-electron chi connectivity index (χ2n) is 6.96. The number of ether oxygens (including phenoxy) is 1. The topological polar surface area (TPSA) is 152 Å². The maximum absolute atomic E-state index is 13.0. The molecule has 0 saturated carbocycles. The van der Waals surface area contributed by atoms with Crippen LogP contribution in [0.4, 0.5) is 5.95 Å². The van der Waals surface area contributed by atoms with Crippen LogP contribution in [-0.2, 0) is 0 Å². The molecule has 0 aliphatic carbocycles. The van der Waals surface area contributed by atoms with E-state index >= 15 is 0 Å². The van der Waals surface area contributed by atoms with Crippen LogP contribution < -0.4 is 15.8 Å². The Morgan fingerprint density at radius 3 is 2.72 bits per heavy atom. The molecule has 0 unspecified atom stereocenters. The van der Waals surface area contributed by atoms with Gasteiger partial charge < -0.3 is 20.4 Å². The van der Waals surface area contributed by atoms with Gasteiger partial charge in [-0.25, -0.2) is 15.0 Å². The van der Waals surface area contributed by atoms with E-state index in [1.165, 1.54) is 13.3 Å². The van der Waals surface area contributed by atoms with E-state index in [-0.39, 0.29) is 11.3 Å². The zero-order valence-corrected chi connectivity index (χ0v) is 16.8. The molecule has 3 heterocycles. The fraction of sp³-hybridized carbons (Fsp3) is 0.0455. The molecule has 3 aromatic heterocycles. The van der Waals surface area contributed by atoms with Crippen molar-refractivity contribution >= 4 is 39.6 Å². The Labute approximate surface area is 180 Å². The van der Waals surface area contributed by atoms with Crippen LogP contribution in [0, 0.1) is 0 Å². The van der Waals surface area contributed by atoms with Gasteiger partial charge in [0.05, 0.1) is 12.6 Å². The smallest absolute Gasteiger partial charge is 0.267 e. The summed E-state index contributed by atoms with van der Waals surface area (Å²) in [5, 5.41) is 4.27. The number of nitrogens with two attached hydrogens (primary N) is 1. The number of nitrogens with one attached hydrogen (secondary N) is 3. The summed E-state index contributed by atoms with van der Waals surface area (Å²) < 4.78 is 5.41. The highest BCUT2D eigenvalue weighted by Crippen LogP contribution is 2.32. The van der Waals surface area contributed by atoms with Crippen LogP contribution in [0.1, 0.15) is 20.8 Å². The zero-order chi connectivity index (χ0) is 22.2. The lowest BCUT2D eigenvalue weighted by Crippen LogP contribution is -2.15. The molecule has 5 rings (SSSR count). The van der Waals surface area contributed by atoms with E-state index in [1.54, 1.807) is 24.4 Å². The lowest BCUT2D eigenvalue weighted by atomic mass is 10.1. The van der Waals surface area contributed by atoms with Gasteiger partial charge in [0.15, 0.2) is 5.82 Å². The number of hydrogen-bond acceptors (Lipinski definition) is 6. The normalized spacial score (nSPS) is 11.0. The summed E-state index contributed by atoms with van der Waals surface area (Å²) in [4.78, 5) is 44.0. The summed E-state index contributed by atoms with van der Waals surface area (Å²) in [6, 6.07) is 12.5. The van der Waals surface area contributed by atoms with Gasteiger partial charge in [-0.2, -0.15) is 0 Å². The van der Waals surface area contributed by atoms with E-state index in [1.807, 2.05) is 24.3 Å². The van der Waals surface area contributed by atoms with E-state index in [4.69, 9.17) is 10.5 Å². The quantitative estimate of drug-likeness (QED) is 0.338. The molecule has 5 aromatic rings. The Bertz CT molecular complexity index is 1490. The van der Waals surface area contributed by atoms with Crippen molar-refractivity contribution in [3.05, 3.63) is 66.1 Å². The number of aromatic nitrogens is 5. The number of carbonyl (C=O) groups is 2. The Balaban J connectivity index is 1.71. The minimum atomic E-state index is -0.645. The fourth-order valence-electron chi connectivity index (χ4n) is 3.57. The van der Waals surface area contributed by atoms with Crippen molar-refractivity contribution in [3.8, 4) is 17.3 Å². The van der Waals surface area contributed by atoms with Gasteiger partial charge in [-0.3, -0.25) is 14.9 Å². The van der Waals surface area contributed by atoms with Crippen molar-refractivity contribution in [1.29, 1.82) is 0 Å². The molecule has 0 aliphatic heterocycles. The minimum Gasteiger partial charge on any atom is -0.496 e. The predicted molar refractivity (Wildman–Crippen MR) is 118 cm³/mol. The summed E-state index contributed by atoms with van der Waals surface area (Å²) >= 11 is 0. The van der Waals surface area contributed by atoms with Crippen LogP contribution in [-0.4, -0.2) is 43.8 Å². The minimum absolute atomic E-state index is 0.118. The molecule has 0 fully saturated rings. The van der Waals surface area contributed by atoms with Gasteiger partial charge in [0.25, 0.3) is 11.8 Å². The number of anilines is 1. The molecular weight excluding hydrogens is 410 g/mol. The van der Waals surface area contributed by atoms with E-state index in [9.17, 15) is 9.59 Å². The number of imidazole rings is 2. The predicted octanol–water partition coefficient (Wildman–Crippen LogP) is 2.86. The number of fused-ring (bicyclic) bond motifs is 2. The van der Waals surface area contributed by atoms with Gasteiger partial charge in [0.1, 0.15) is 28.2 Å². The van der Waals surface area contributed by atoms with Crippen LogP contribution in [0.2, 0.25) is 0 Å². The molecule has 32 heavy (non-hydrogen) atoms. The molecular formula is C22H17N7O3. The number of aromatic amines is 2. The van der Waals surface area contributed by atoms with Crippen molar-refractivity contribution in [2.75, 3.05) is 12.4 Å². The second kappa shape index (κ2) is 7.51. The SMILES string of the molecule is COc1ccc2[nH]c(-c3nc(C(N)=O)cc4ccccc34)nc2c1C(=O)Nc1ncc[nH]1. The number of H-pyrrole nitrogens is 2. The molecule has 2 amide bonds. The number of rotatable bonds is 5. The number of benzene rings is 2. The molecule has 0 atom stereocenters. The molecule has 10 nitrogen and oxygen atoms in total. The number of methoxy groups -OCH3 is 1. The van der Waals surface area contributed by atoms with Crippen molar-refractivity contribution in [1.82, 2.24) is 24.9 Å². The van der Waals surface area contributed by atoms with Crippen molar-refractivity contribution < 1.29 is 14.3 Å². The number of amides is 2. The Kier molecular flexibility index (Phi) is 4.52. The summed E-state index contributed by atoms with van der Waals surface area (Å²) in [6.07, 6.45) is 3.13. The molecule has 0 bridgehead atoms. The van der Waals surface area contributed by atoms with Crippen LogP contribution in [0.3, 0.4) is 0 Å².